The van der Waals surface area contributed by atoms with Crippen LogP contribution in [0.1, 0.15) is 30.4 Å². The third kappa shape index (κ3) is 4.49. The Morgan fingerprint density at radius 3 is 2.83 bits per heavy atom. The molecule has 0 saturated carbocycles. The molecule has 0 heterocycles. The van der Waals surface area contributed by atoms with E-state index in [-0.39, 0.29) is 17.6 Å². The highest BCUT2D eigenvalue weighted by Gasteiger charge is 2.16. The Labute approximate surface area is 136 Å². The van der Waals surface area contributed by atoms with Gasteiger partial charge in [0.15, 0.2) is 0 Å². The van der Waals surface area contributed by atoms with Crippen LogP contribution in [0, 0.1) is 0 Å². The number of phenols is 1. The van der Waals surface area contributed by atoms with Gasteiger partial charge in [-0.15, -0.1) is 0 Å². The van der Waals surface area contributed by atoms with Gasteiger partial charge < -0.3 is 14.6 Å². The maximum Gasteiger partial charge on any atom is 0.333 e. The van der Waals surface area contributed by atoms with Gasteiger partial charge in [0.1, 0.15) is 11.5 Å². The summed E-state index contributed by atoms with van der Waals surface area (Å²) in [5.74, 6) is 0.850. The Morgan fingerprint density at radius 2 is 2.22 bits per heavy atom. The average Bonchev–Trinajstić information content (AvgIpc) is 2.56. The lowest BCUT2D eigenvalue weighted by atomic mass is 9.90. The zero-order valence-corrected chi connectivity index (χ0v) is 13.5. The molecular weight excluding hydrogens is 292 g/mol. The number of allylic oxidation sites excluding steroid dienone is 3. The standard InChI is InChI=1S/C19H22O4/c1-13(2)19(21)23-11-10-14-4-9-18(20)17(12-14)15-5-7-16(22-3)8-6-15/h4-5,7-9,12,15,20H,1,6,10-11H2,2-3H3. The Bertz CT molecular complexity index is 655. The lowest BCUT2D eigenvalue weighted by Gasteiger charge is -2.18. The zero-order chi connectivity index (χ0) is 16.8. The average molecular weight is 314 g/mol. The predicted octanol–water partition coefficient (Wildman–Crippen LogP) is 3.63. The molecule has 1 aromatic rings. The second kappa shape index (κ2) is 7.68. The molecule has 0 aromatic heterocycles. The van der Waals surface area contributed by atoms with E-state index >= 15 is 0 Å². The van der Waals surface area contributed by atoms with Gasteiger partial charge in [-0.05, 0) is 37.1 Å². The summed E-state index contributed by atoms with van der Waals surface area (Å²) in [4.78, 5) is 11.4. The smallest absolute Gasteiger partial charge is 0.333 e. The fourth-order valence-electron chi connectivity index (χ4n) is 2.42. The quantitative estimate of drug-likeness (QED) is 0.643. The van der Waals surface area contributed by atoms with Crippen LogP contribution in [0.5, 0.6) is 5.75 Å². The van der Waals surface area contributed by atoms with Crippen LogP contribution in [0.3, 0.4) is 0 Å². The number of aromatic hydroxyl groups is 1. The third-order valence-corrected chi connectivity index (χ3v) is 3.77. The lowest BCUT2D eigenvalue weighted by molar-refractivity contribution is -0.138. The molecule has 1 atom stereocenters. The number of benzene rings is 1. The van der Waals surface area contributed by atoms with E-state index in [9.17, 15) is 9.90 Å². The summed E-state index contributed by atoms with van der Waals surface area (Å²) in [5, 5.41) is 10.1. The second-order valence-corrected chi connectivity index (χ2v) is 5.57. The molecule has 0 aliphatic heterocycles. The van der Waals surface area contributed by atoms with E-state index in [1.807, 2.05) is 30.4 Å². The van der Waals surface area contributed by atoms with Crippen LogP contribution in [-0.2, 0) is 20.7 Å². The molecule has 0 fully saturated rings. The minimum Gasteiger partial charge on any atom is -0.508 e. The van der Waals surface area contributed by atoms with Crippen LogP contribution in [0.2, 0.25) is 0 Å². The van der Waals surface area contributed by atoms with Crippen LogP contribution in [-0.4, -0.2) is 24.8 Å². The molecule has 1 N–H and O–H groups in total. The maximum atomic E-state index is 11.4. The topological polar surface area (TPSA) is 55.8 Å². The van der Waals surface area contributed by atoms with Gasteiger partial charge in [0.25, 0.3) is 0 Å². The first-order chi connectivity index (χ1) is 11.0. The summed E-state index contributed by atoms with van der Waals surface area (Å²) < 4.78 is 10.3. The Morgan fingerprint density at radius 1 is 1.43 bits per heavy atom. The van der Waals surface area contributed by atoms with Crippen molar-refractivity contribution < 1.29 is 19.4 Å². The van der Waals surface area contributed by atoms with E-state index < -0.39 is 0 Å². The van der Waals surface area contributed by atoms with Gasteiger partial charge in [-0.3, -0.25) is 0 Å². The molecule has 1 aliphatic rings. The van der Waals surface area contributed by atoms with Gasteiger partial charge in [0, 0.05) is 23.5 Å². The summed E-state index contributed by atoms with van der Waals surface area (Å²) in [6.45, 7) is 5.47. The van der Waals surface area contributed by atoms with Crippen LogP contribution in [0.15, 0.2) is 54.3 Å². The molecule has 0 amide bonds. The molecule has 1 aromatic carbocycles. The minimum atomic E-state index is -0.378. The van der Waals surface area contributed by atoms with Crippen molar-refractivity contribution in [2.24, 2.45) is 0 Å². The number of hydrogen-bond acceptors (Lipinski definition) is 4. The number of hydrogen-bond donors (Lipinski definition) is 1. The van der Waals surface area contributed by atoms with E-state index in [0.717, 1.165) is 23.3 Å². The van der Waals surface area contributed by atoms with Crippen LogP contribution >= 0.6 is 0 Å². The maximum absolute atomic E-state index is 11.4. The molecule has 1 aliphatic carbocycles. The third-order valence-electron chi connectivity index (χ3n) is 3.77. The SMILES string of the molecule is C=C(C)C(=O)OCCc1ccc(O)c(C2C=CC(OC)=CC2)c1. The van der Waals surface area contributed by atoms with Crippen molar-refractivity contribution in [3.63, 3.8) is 0 Å². The molecule has 0 bridgehead atoms. The number of rotatable bonds is 6. The zero-order valence-electron chi connectivity index (χ0n) is 13.5. The number of methoxy groups -OCH3 is 1. The molecule has 2 rings (SSSR count). The first kappa shape index (κ1) is 16.9. The molecule has 4 nitrogen and oxygen atoms in total. The molecule has 23 heavy (non-hydrogen) atoms. The highest BCUT2D eigenvalue weighted by molar-refractivity contribution is 5.86. The first-order valence-electron chi connectivity index (χ1n) is 7.58. The van der Waals surface area contributed by atoms with Crippen molar-refractivity contribution >= 4 is 5.97 Å². The highest BCUT2D eigenvalue weighted by Crippen LogP contribution is 2.33. The first-order valence-corrected chi connectivity index (χ1v) is 7.58. The summed E-state index contributed by atoms with van der Waals surface area (Å²) in [6, 6.07) is 5.50. The van der Waals surface area contributed by atoms with E-state index in [0.29, 0.717) is 18.6 Å². The number of phenolic OH excluding ortho intramolecular Hbond substituents is 1. The molecule has 0 saturated heterocycles. The van der Waals surface area contributed by atoms with Gasteiger partial charge >= 0.3 is 5.97 Å². The summed E-state index contributed by atoms with van der Waals surface area (Å²) in [6.07, 6.45) is 7.32. The van der Waals surface area contributed by atoms with E-state index in [4.69, 9.17) is 9.47 Å². The minimum absolute atomic E-state index is 0.117. The van der Waals surface area contributed by atoms with Crippen molar-refractivity contribution in [2.45, 2.75) is 25.7 Å². The summed E-state index contributed by atoms with van der Waals surface area (Å²) in [5.41, 5.74) is 2.28. The fraction of sp³-hybridized carbons (Fsp3) is 0.316. The van der Waals surface area contributed by atoms with Crippen molar-refractivity contribution in [1.29, 1.82) is 0 Å². The van der Waals surface area contributed by atoms with Crippen LogP contribution in [0.4, 0.5) is 0 Å². The monoisotopic (exact) mass is 314 g/mol. The van der Waals surface area contributed by atoms with Gasteiger partial charge in [-0.1, -0.05) is 24.8 Å². The molecule has 0 spiro atoms. The molecule has 122 valence electrons. The number of carbonyl (C=O) groups is 1. The Kier molecular flexibility index (Phi) is 5.63. The summed E-state index contributed by atoms with van der Waals surface area (Å²) in [7, 11) is 1.64. The molecule has 4 heteroatoms. The number of ether oxygens (including phenoxy) is 2. The number of esters is 1. The Balaban J connectivity index is 2.02. The predicted molar refractivity (Wildman–Crippen MR) is 89.2 cm³/mol. The van der Waals surface area contributed by atoms with Gasteiger partial charge in [-0.2, -0.15) is 0 Å². The fourth-order valence-corrected chi connectivity index (χ4v) is 2.42. The van der Waals surface area contributed by atoms with Crippen LogP contribution in [0.25, 0.3) is 0 Å². The summed E-state index contributed by atoms with van der Waals surface area (Å²) >= 11 is 0. The van der Waals surface area contributed by atoms with E-state index in [2.05, 4.69) is 6.58 Å². The van der Waals surface area contributed by atoms with Crippen molar-refractivity contribution in [1.82, 2.24) is 0 Å². The van der Waals surface area contributed by atoms with Gasteiger partial charge in [-0.25, -0.2) is 4.79 Å². The largest absolute Gasteiger partial charge is 0.508 e. The Hall–Kier alpha value is -2.49. The van der Waals surface area contributed by atoms with Crippen LogP contribution < -0.4 is 0 Å². The second-order valence-electron chi connectivity index (χ2n) is 5.57. The van der Waals surface area contributed by atoms with Gasteiger partial charge in [0.2, 0.25) is 0 Å². The van der Waals surface area contributed by atoms with Gasteiger partial charge in [0.05, 0.1) is 13.7 Å². The highest BCUT2D eigenvalue weighted by atomic mass is 16.5. The molecule has 0 radical (unpaired) electrons. The number of carbonyl (C=O) groups excluding carboxylic acids is 1. The van der Waals surface area contributed by atoms with Crippen molar-refractivity contribution in [3.05, 3.63) is 65.5 Å². The normalized spacial score (nSPS) is 16.6. The van der Waals surface area contributed by atoms with Crippen molar-refractivity contribution in [3.8, 4) is 5.75 Å². The van der Waals surface area contributed by atoms with E-state index in [1.54, 1.807) is 20.1 Å². The van der Waals surface area contributed by atoms with Crippen molar-refractivity contribution in [2.75, 3.05) is 13.7 Å². The molecular formula is C19H22O4. The molecule has 1 unspecified atom stereocenters. The van der Waals surface area contributed by atoms with E-state index in [1.165, 1.54) is 0 Å². The lowest BCUT2D eigenvalue weighted by Crippen LogP contribution is -2.08.